The highest BCUT2D eigenvalue weighted by Crippen LogP contribution is 2.05. The van der Waals surface area contributed by atoms with Crippen LogP contribution in [-0.2, 0) is 11.3 Å². The number of hydrogen-bond acceptors (Lipinski definition) is 4. The smallest absolute Gasteiger partial charge is 0.250 e. The third-order valence-corrected chi connectivity index (χ3v) is 3.87. The van der Waals surface area contributed by atoms with E-state index in [1.54, 1.807) is 23.2 Å². The zero-order valence-corrected chi connectivity index (χ0v) is 12.4. The molecule has 0 spiro atoms. The molecule has 0 aliphatic carbocycles. The number of hydrogen-bond donors (Lipinski definition) is 1. The summed E-state index contributed by atoms with van der Waals surface area (Å²) in [5.41, 5.74) is -0.157. The third kappa shape index (κ3) is 4.41. The van der Waals surface area contributed by atoms with Gasteiger partial charge in [0.05, 0.1) is 6.10 Å². The van der Waals surface area contributed by atoms with Gasteiger partial charge in [0.15, 0.2) is 0 Å². The van der Waals surface area contributed by atoms with E-state index >= 15 is 0 Å². The summed E-state index contributed by atoms with van der Waals surface area (Å²) < 4.78 is 1.43. The van der Waals surface area contributed by atoms with Crippen LogP contribution in [0.15, 0.2) is 29.2 Å². The largest absolute Gasteiger partial charge is 0.392 e. The highest BCUT2D eigenvalue weighted by molar-refractivity contribution is 5.76. The van der Waals surface area contributed by atoms with E-state index in [0.29, 0.717) is 19.6 Å². The van der Waals surface area contributed by atoms with E-state index in [9.17, 15) is 14.7 Å². The van der Waals surface area contributed by atoms with Gasteiger partial charge in [-0.3, -0.25) is 14.5 Å². The fourth-order valence-electron chi connectivity index (χ4n) is 2.44. The Bertz CT molecular complexity index is 521. The molecule has 116 valence electrons. The van der Waals surface area contributed by atoms with Crippen LogP contribution in [0.4, 0.5) is 0 Å². The maximum Gasteiger partial charge on any atom is 0.250 e. The van der Waals surface area contributed by atoms with Gasteiger partial charge in [-0.05, 0) is 12.5 Å². The Kier molecular flexibility index (Phi) is 5.52. The second kappa shape index (κ2) is 7.38. The summed E-state index contributed by atoms with van der Waals surface area (Å²) >= 11 is 0. The molecule has 0 bridgehead atoms. The summed E-state index contributed by atoms with van der Waals surface area (Å²) in [6.45, 7) is 5.56. The van der Waals surface area contributed by atoms with Crippen molar-refractivity contribution in [3.05, 3.63) is 34.7 Å². The van der Waals surface area contributed by atoms with E-state index in [1.807, 2.05) is 6.92 Å². The summed E-state index contributed by atoms with van der Waals surface area (Å²) in [5.74, 6) is -0.0287. The molecule has 1 amide bonds. The van der Waals surface area contributed by atoms with Crippen LogP contribution in [-0.4, -0.2) is 64.2 Å². The lowest BCUT2D eigenvalue weighted by atomic mass is 10.2. The van der Waals surface area contributed by atoms with Crippen LogP contribution in [0.1, 0.15) is 13.3 Å². The molecule has 1 aromatic heterocycles. The summed E-state index contributed by atoms with van der Waals surface area (Å²) in [6.07, 6.45) is 2.08. The first-order valence-electron chi connectivity index (χ1n) is 7.44. The van der Waals surface area contributed by atoms with Crippen molar-refractivity contribution in [2.75, 3.05) is 32.7 Å². The van der Waals surface area contributed by atoms with Gasteiger partial charge in [-0.2, -0.15) is 0 Å². The van der Waals surface area contributed by atoms with Gasteiger partial charge in [0.2, 0.25) is 5.91 Å². The number of aliphatic hydroxyl groups is 1. The lowest BCUT2D eigenvalue weighted by Gasteiger charge is -2.35. The Morgan fingerprint density at radius 3 is 2.62 bits per heavy atom. The quantitative estimate of drug-likeness (QED) is 0.814. The molecule has 6 nitrogen and oxygen atoms in total. The maximum atomic E-state index is 12.2. The number of pyridine rings is 1. The van der Waals surface area contributed by atoms with Gasteiger partial charge in [0.1, 0.15) is 6.54 Å². The van der Waals surface area contributed by atoms with Crippen LogP contribution in [0, 0.1) is 0 Å². The molecule has 1 saturated heterocycles. The molecular weight excluding hydrogens is 270 g/mol. The monoisotopic (exact) mass is 293 g/mol. The molecule has 2 rings (SSSR count). The lowest BCUT2D eigenvalue weighted by Crippen LogP contribution is -2.51. The minimum atomic E-state index is -0.296. The number of rotatable bonds is 5. The first-order valence-corrected chi connectivity index (χ1v) is 7.44. The molecule has 1 atom stereocenters. The molecule has 1 aliphatic rings. The highest BCUT2D eigenvalue weighted by Gasteiger charge is 2.22. The summed E-state index contributed by atoms with van der Waals surface area (Å²) in [5, 5.41) is 9.65. The lowest BCUT2D eigenvalue weighted by molar-refractivity contribution is -0.133. The van der Waals surface area contributed by atoms with Crippen molar-refractivity contribution in [1.82, 2.24) is 14.4 Å². The van der Waals surface area contributed by atoms with E-state index in [4.69, 9.17) is 0 Å². The van der Waals surface area contributed by atoms with Crippen molar-refractivity contribution in [3.63, 3.8) is 0 Å². The molecule has 2 heterocycles. The Hall–Kier alpha value is -1.66. The molecular formula is C15H23N3O3. The highest BCUT2D eigenvalue weighted by atomic mass is 16.3. The van der Waals surface area contributed by atoms with Crippen molar-refractivity contribution in [1.29, 1.82) is 0 Å². The molecule has 0 unspecified atom stereocenters. The van der Waals surface area contributed by atoms with Crippen molar-refractivity contribution in [3.8, 4) is 0 Å². The third-order valence-electron chi connectivity index (χ3n) is 3.87. The number of carbonyl (C=O) groups excluding carboxylic acids is 1. The Morgan fingerprint density at radius 1 is 1.29 bits per heavy atom. The van der Waals surface area contributed by atoms with Crippen LogP contribution >= 0.6 is 0 Å². The Balaban J connectivity index is 1.83. The molecule has 0 radical (unpaired) electrons. The number of piperazine rings is 1. The first-order chi connectivity index (χ1) is 10.1. The fraction of sp³-hybridized carbons (Fsp3) is 0.600. The van der Waals surface area contributed by atoms with Gasteiger partial charge in [-0.1, -0.05) is 13.0 Å². The second-order valence-corrected chi connectivity index (χ2v) is 5.41. The summed E-state index contributed by atoms with van der Waals surface area (Å²) in [6, 6.07) is 4.87. The standard InChI is InChI=1S/C15H23N3O3/c1-2-13(19)11-16-7-9-17(10-8-16)15(21)12-18-6-4-3-5-14(18)20/h3-6,13,19H,2,7-12H2,1H3/t13-/m0/s1. The van der Waals surface area contributed by atoms with Gasteiger partial charge in [0, 0.05) is 45.0 Å². The predicted octanol–water partition coefficient (Wildman–Crippen LogP) is -0.237. The van der Waals surface area contributed by atoms with E-state index in [2.05, 4.69) is 4.90 Å². The topological polar surface area (TPSA) is 65.8 Å². The Morgan fingerprint density at radius 2 is 2.00 bits per heavy atom. The van der Waals surface area contributed by atoms with E-state index in [1.165, 1.54) is 10.6 Å². The van der Waals surface area contributed by atoms with E-state index in [-0.39, 0.29) is 24.1 Å². The number of carbonyl (C=O) groups is 1. The first kappa shape index (κ1) is 15.7. The SMILES string of the molecule is CC[C@H](O)CN1CCN(C(=O)Cn2ccccc2=O)CC1. The zero-order chi connectivity index (χ0) is 15.2. The van der Waals surface area contributed by atoms with Crippen molar-refractivity contribution >= 4 is 5.91 Å². The molecule has 6 heteroatoms. The number of amides is 1. The minimum absolute atomic E-state index is 0.0287. The predicted molar refractivity (Wildman–Crippen MR) is 80.0 cm³/mol. The van der Waals surface area contributed by atoms with Crippen LogP contribution in [0.3, 0.4) is 0 Å². The molecule has 1 aromatic rings. The van der Waals surface area contributed by atoms with Crippen LogP contribution < -0.4 is 5.56 Å². The van der Waals surface area contributed by atoms with Crippen molar-refractivity contribution < 1.29 is 9.90 Å². The molecule has 1 fully saturated rings. The molecule has 1 N–H and O–H groups in total. The van der Waals surface area contributed by atoms with Gasteiger partial charge in [-0.15, -0.1) is 0 Å². The van der Waals surface area contributed by atoms with Crippen molar-refractivity contribution in [2.24, 2.45) is 0 Å². The average molecular weight is 293 g/mol. The van der Waals surface area contributed by atoms with Crippen LogP contribution in [0.25, 0.3) is 0 Å². The van der Waals surface area contributed by atoms with Gasteiger partial charge in [0.25, 0.3) is 5.56 Å². The van der Waals surface area contributed by atoms with Crippen LogP contribution in [0.5, 0.6) is 0 Å². The Labute approximate surface area is 124 Å². The van der Waals surface area contributed by atoms with Crippen LogP contribution in [0.2, 0.25) is 0 Å². The normalized spacial score (nSPS) is 17.7. The summed E-state index contributed by atoms with van der Waals surface area (Å²) in [4.78, 5) is 27.8. The zero-order valence-electron chi connectivity index (χ0n) is 12.4. The summed E-state index contributed by atoms with van der Waals surface area (Å²) in [7, 11) is 0. The second-order valence-electron chi connectivity index (χ2n) is 5.41. The maximum absolute atomic E-state index is 12.2. The van der Waals surface area contributed by atoms with Crippen molar-refractivity contribution in [2.45, 2.75) is 26.0 Å². The minimum Gasteiger partial charge on any atom is -0.392 e. The number of aromatic nitrogens is 1. The van der Waals surface area contributed by atoms with Gasteiger partial charge in [-0.25, -0.2) is 0 Å². The molecule has 0 saturated carbocycles. The number of nitrogens with zero attached hydrogens (tertiary/aromatic N) is 3. The number of aliphatic hydroxyl groups excluding tert-OH is 1. The fourth-order valence-corrected chi connectivity index (χ4v) is 2.44. The van der Waals surface area contributed by atoms with Gasteiger partial charge < -0.3 is 14.6 Å². The molecule has 0 aromatic carbocycles. The number of β-amino-alcohol motifs (C(OH)–C–C–N with tert-alkyl or cyclic N) is 1. The van der Waals surface area contributed by atoms with E-state index in [0.717, 1.165) is 19.5 Å². The molecule has 21 heavy (non-hydrogen) atoms. The average Bonchev–Trinajstić information content (AvgIpc) is 2.50. The van der Waals surface area contributed by atoms with E-state index < -0.39 is 0 Å². The van der Waals surface area contributed by atoms with Gasteiger partial charge >= 0.3 is 0 Å². The molecule has 1 aliphatic heterocycles.